The van der Waals surface area contributed by atoms with Gasteiger partial charge in [-0.15, -0.1) is 0 Å². The standard InChI is InChI=1S/C16H23N5/c1-4-12(2)19-16(17)18-11-14-7-5-6-8-15(14)21-10-9-13(3)20-21/h5-10,12H,4,11H2,1-3H3,(H3,17,18,19). The Labute approximate surface area is 125 Å². The zero-order valence-corrected chi connectivity index (χ0v) is 12.9. The van der Waals surface area contributed by atoms with E-state index in [0.717, 1.165) is 23.4 Å². The highest BCUT2D eigenvalue weighted by atomic mass is 15.3. The number of benzene rings is 1. The fraction of sp³-hybridized carbons (Fsp3) is 0.375. The van der Waals surface area contributed by atoms with Crippen molar-refractivity contribution in [2.45, 2.75) is 39.8 Å². The first-order valence-corrected chi connectivity index (χ1v) is 7.27. The van der Waals surface area contributed by atoms with Crippen LogP contribution in [0.15, 0.2) is 41.5 Å². The predicted molar refractivity (Wildman–Crippen MR) is 86.5 cm³/mol. The number of guanidine groups is 1. The number of nitrogens with zero attached hydrogens (tertiary/aromatic N) is 3. The Bertz CT molecular complexity index is 615. The number of hydrogen-bond donors (Lipinski definition) is 2. The van der Waals surface area contributed by atoms with Gasteiger partial charge in [0, 0.05) is 12.2 Å². The van der Waals surface area contributed by atoms with E-state index in [1.54, 1.807) is 0 Å². The minimum atomic E-state index is 0.331. The Morgan fingerprint density at radius 1 is 1.38 bits per heavy atom. The van der Waals surface area contributed by atoms with Gasteiger partial charge in [-0.25, -0.2) is 9.67 Å². The van der Waals surface area contributed by atoms with Crippen LogP contribution < -0.4 is 11.1 Å². The molecule has 1 aromatic heterocycles. The molecule has 5 nitrogen and oxygen atoms in total. The SMILES string of the molecule is CCC(C)NC(N)=NCc1ccccc1-n1ccc(C)n1. The summed E-state index contributed by atoms with van der Waals surface area (Å²) in [5, 5.41) is 7.62. The Morgan fingerprint density at radius 2 is 2.14 bits per heavy atom. The molecule has 1 heterocycles. The maximum Gasteiger partial charge on any atom is 0.189 e. The molecule has 1 unspecified atom stereocenters. The van der Waals surface area contributed by atoms with Crippen molar-refractivity contribution in [1.29, 1.82) is 0 Å². The average molecular weight is 285 g/mol. The van der Waals surface area contributed by atoms with Gasteiger partial charge in [-0.3, -0.25) is 0 Å². The van der Waals surface area contributed by atoms with Crippen molar-refractivity contribution in [2.24, 2.45) is 10.7 Å². The van der Waals surface area contributed by atoms with E-state index >= 15 is 0 Å². The van der Waals surface area contributed by atoms with Crippen molar-refractivity contribution < 1.29 is 0 Å². The second-order valence-corrected chi connectivity index (χ2v) is 5.19. The molecule has 2 rings (SSSR count). The average Bonchev–Trinajstić information content (AvgIpc) is 2.91. The van der Waals surface area contributed by atoms with Crippen molar-refractivity contribution in [3.63, 3.8) is 0 Å². The van der Waals surface area contributed by atoms with E-state index in [9.17, 15) is 0 Å². The van der Waals surface area contributed by atoms with Gasteiger partial charge in [0.2, 0.25) is 0 Å². The van der Waals surface area contributed by atoms with Crippen LogP contribution in [-0.2, 0) is 6.54 Å². The molecule has 21 heavy (non-hydrogen) atoms. The summed E-state index contributed by atoms with van der Waals surface area (Å²) < 4.78 is 1.87. The molecule has 0 spiro atoms. The van der Waals surface area contributed by atoms with Gasteiger partial charge in [-0.05, 0) is 38.0 Å². The quantitative estimate of drug-likeness (QED) is 0.654. The highest BCUT2D eigenvalue weighted by molar-refractivity contribution is 5.78. The molecule has 1 aromatic carbocycles. The van der Waals surface area contributed by atoms with E-state index in [4.69, 9.17) is 5.73 Å². The predicted octanol–water partition coefficient (Wildman–Crippen LogP) is 2.38. The van der Waals surface area contributed by atoms with E-state index < -0.39 is 0 Å². The van der Waals surface area contributed by atoms with Gasteiger partial charge in [0.25, 0.3) is 0 Å². The maximum absolute atomic E-state index is 5.91. The van der Waals surface area contributed by atoms with E-state index in [0.29, 0.717) is 18.5 Å². The highest BCUT2D eigenvalue weighted by Gasteiger charge is 2.05. The Hall–Kier alpha value is -2.30. The molecule has 0 saturated heterocycles. The number of rotatable bonds is 5. The molecule has 5 heteroatoms. The van der Waals surface area contributed by atoms with Crippen molar-refractivity contribution in [3.05, 3.63) is 47.8 Å². The summed E-state index contributed by atoms with van der Waals surface area (Å²) in [6, 6.07) is 10.4. The van der Waals surface area contributed by atoms with Crippen LogP contribution in [0.5, 0.6) is 0 Å². The lowest BCUT2D eigenvalue weighted by atomic mass is 10.2. The van der Waals surface area contributed by atoms with E-state index in [1.165, 1.54) is 0 Å². The molecular formula is C16H23N5. The summed E-state index contributed by atoms with van der Waals surface area (Å²) in [4.78, 5) is 4.42. The van der Waals surface area contributed by atoms with Crippen LogP contribution in [0, 0.1) is 6.92 Å². The second-order valence-electron chi connectivity index (χ2n) is 5.19. The summed E-state index contributed by atoms with van der Waals surface area (Å²) in [5.41, 5.74) is 9.02. The largest absolute Gasteiger partial charge is 0.370 e. The van der Waals surface area contributed by atoms with Gasteiger partial charge in [0.05, 0.1) is 17.9 Å². The summed E-state index contributed by atoms with van der Waals surface area (Å²) >= 11 is 0. The third-order valence-electron chi connectivity index (χ3n) is 3.39. The first-order chi connectivity index (χ1) is 10.1. The number of para-hydroxylation sites is 1. The summed E-state index contributed by atoms with van der Waals surface area (Å²) in [7, 11) is 0. The molecule has 0 saturated carbocycles. The Morgan fingerprint density at radius 3 is 2.81 bits per heavy atom. The fourth-order valence-corrected chi connectivity index (χ4v) is 1.99. The van der Waals surface area contributed by atoms with E-state index in [1.807, 2.05) is 48.1 Å². The number of aryl methyl sites for hydroxylation is 1. The van der Waals surface area contributed by atoms with Gasteiger partial charge >= 0.3 is 0 Å². The van der Waals surface area contributed by atoms with Crippen LogP contribution in [0.1, 0.15) is 31.5 Å². The number of nitrogens with one attached hydrogen (secondary N) is 1. The number of hydrogen-bond acceptors (Lipinski definition) is 2. The monoisotopic (exact) mass is 285 g/mol. The molecule has 0 fully saturated rings. The zero-order chi connectivity index (χ0) is 15.2. The summed E-state index contributed by atoms with van der Waals surface area (Å²) in [6.07, 6.45) is 2.97. The van der Waals surface area contributed by atoms with Gasteiger partial charge in [-0.1, -0.05) is 25.1 Å². The van der Waals surface area contributed by atoms with Crippen LogP contribution in [0.2, 0.25) is 0 Å². The van der Waals surface area contributed by atoms with E-state index in [2.05, 4.69) is 29.3 Å². The van der Waals surface area contributed by atoms with Crippen LogP contribution in [0.4, 0.5) is 0 Å². The Balaban J connectivity index is 2.16. The molecule has 0 bridgehead atoms. The van der Waals surface area contributed by atoms with Gasteiger partial charge in [0.1, 0.15) is 0 Å². The molecule has 0 aliphatic heterocycles. The molecule has 0 amide bonds. The van der Waals surface area contributed by atoms with Crippen LogP contribution in [0.3, 0.4) is 0 Å². The summed E-state index contributed by atoms with van der Waals surface area (Å²) in [6.45, 7) is 6.71. The molecule has 0 aliphatic carbocycles. The lowest BCUT2D eigenvalue weighted by Crippen LogP contribution is -2.38. The first-order valence-electron chi connectivity index (χ1n) is 7.27. The normalized spacial score (nSPS) is 13.2. The van der Waals surface area contributed by atoms with Gasteiger partial charge < -0.3 is 11.1 Å². The zero-order valence-electron chi connectivity index (χ0n) is 12.9. The lowest BCUT2D eigenvalue weighted by Gasteiger charge is -2.12. The molecule has 2 aromatic rings. The molecule has 112 valence electrons. The van der Waals surface area contributed by atoms with Crippen molar-refractivity contribution in [1.82, 2.24) is 15.1 Å². The van der Waals surface area contributed by atoms with Crippen molar-refractivity contribution >= 4 is 5.96 Å². The Kier molecular flexibility index (Phi) is 4.98. The molecule has 1 atom stereocenters. The van der Waals surface area contributed by atoms with E-state index in [-0.39, 0.29) is 0 Å². The number of nitrogens with two attached hydrogens (primary N) is 1. The van der Waals surface area contributed by atoms with Gasteiger partial charge in [-0.2, -0.15) is 5.10 Å². The van der Waals surface area contributed by atoms with Crippen LogP contribution in [-0.4, -0.2) is 21.8 Å². The summed E-state index contributed by atoms with van der Waals surface area (Å²) in [5.74, 6) is 0.482. The molecular weight excluding hydrogens is 262 g/mol. The van der Waals surface area contributed by atoms with Gasteiger partial charge in [0.15, 0.2) is 5.96 Å². The maximum atomic E-state index is 5.91. The number of aliphatic imine (C=N–C) groups is 1. The van der Waals surface area contributed by atoms with Crippen molar-refractivity contribution in [3.8, 4) is 5.69 Å². The fourth-order valence-electron chi connectivity index (χ4n) is 1.99. The third kappa shape index (κ3) is 4.08. The van der Waals surface area contributed by atoms with Crippen molar-refractivity contribution in [2.75, 3.05) is 0 Å². The first kappa shape index (κ1) is 15.1. The smallest absolute Gasteiger partial charge is 0.189 e. The minimum absolute atomic E-state index is 0.331. The molecule has 0 radical (unpaired) electrons. The lowest BCUT2D eigenvalue weighted by molar-refractivity contribution is 0.636. The third-order valence-corrected chi connectivity index (χ3v) is 3.39. The molecule has 0 aliphatic rings. The number of aromatic nitrogens is 2. The molecule has 3 N–H and O–H groups in total. The topological polar surface area (TPSA) is 68.2 Å². The second kappa shape index (κ2) is 6.92. The van der Waals surface area contributed by atoms with Crippen LogP contribution >= 0.6 is 0 Å². The highest BCUT2D eigenvalue weighted by Crippen LogP contribution is 2.15. The minimum Gasteiger partial charge on any atom is -0.370 e. The van der Waals surface area contributed by atoms with Crippen LogP contribution in [0.25, 0.3) is 5.69 Å².